The van der Waals surface area contributed by atoms with Crippen LogP contribution in [0, 0.1) is 5.92 Å². The van der Waals surface area contributed by atoms with E-state index in [9.17, 15) is 4.79 Å². The van der Waals surface area contributed by atoms with Crippen molar-refractivity contribution >= 4 is 5.91 Å². The van der Waals surface area contributed by atoms with E-state index in [-0.39, 0.29) is 5.54 Å². The molecule has 0 unspecified atom stereocenters. The van der Waals surface area contributed by atoms with Gasteiger partial charge in [-0.1, -0.05) is 0 Å². The molecule has 0 aromatic heterocycles. The molecule has 1 aliphatic carbocycles. The summed E-state index contributed by atoms with van der Waals surface area (Å²) >= 11 is 0. The maximum absolute atomic E-state index is 12.0. The quantitative estimate of drug-likeness (QED) is 0.744. The van der Waals surface area contributed by atoms with E-state index in [4.69, 9.17) is 0 Å². The van der Waals surface area contributed by atoms with E-state index in [0.717, 1.165) is 26.1 Å². The lowest BCUT2D eigenvalue weighted by atomic mass is 9.98. The minimum absolute atomic E-state index is 0.240. The third-order valence-corrected chi connectivity index (χ3v) is 4.53. The third-order valence-electron chi connectivity index (χ3n) is 4.53. The van der Waals surface area contributed by atoms with E-state index in [1.165, 1.54) is 25.7 Å². The van der Waals surface area contributed by atoms with Gasteiger partial charge < -0.3 is 5.32 Å². The molecule has 0 bridgehead atoms. The number of hydrogen-bond donors (Lipinski definition) is 1. The van der Waals surface area contributed by atoms with Gasteiger partial charge in [0.25, 0.3) is 0 Å². The van der Waals surface area contributed by atoms with Gasteiger partial charge in [-0.05, 0) is 44.7 Å². The Bertz CT molecular complexity index is 295. The first-order valence-corrected chi connectivity index (χ1v) is 6.46. The summed E-state index contributed by atoms with van der Waals surface area (Å²) < 4.78 is 0. The molecular formula is C12H21N3O. The molecule has 90 valence electrons. The maximum Gasteiger partial charge on any atom is 0.238 e. The van der Waals surface area contributed by atoms with Crippen molar-refractivity contribution in [3.63, 3.8) is 0 Å². The number of nitrogens with one attached hydrogen (secondary N) is 1. The second-order valence-corrected chi connectivity index (χ2v) is 5.59. The Morgan fingerprint density at radius 1 is 1.38 bits per heavy atom. The average Bonchev–Trinajstić information content (AvgIpc) is 3.03. The predicted molar refractivity (Wildman–Crippen MR) is 61.7 cm³/mol. The molecule has 2 saturated heterocycles. The summed E-state index contributed by atoms with van der Waals surface area (Å²) in [5, 5.41) is 7.62. The van der Waals surface area contributed by atoms with Crippen molar-refractivity contribution in [2.75, 3.05) is 26.7 Å². The number of piperidine rings is 1. The molecule has 0 radical (unpaired) electrons. The first-order valence-electron chi connectivity index (χ1n) is 6.46. The second kappa shape index (κ2) is 3.70. The molecule has 0 aromatic rings. The highest BCUT2D eigenvalue weighted by Crippen LogP contribution is 2.49. The lowest BCUT2D eigenvalue weighted by molar-refractivity contribution is -0.138. The number of rotatable bonds is 2. The van der Waals surface area contributed by atoms with E-state index in [2.05, 4.69) is 17.4 Å². The monoisotopic (exact) mass is 223 g/mol. The molecule has 1 spiro atoms. The average molecular weight is 223 g/mol. The SMILES string of the molecule is CN1N(CC2CCNCC2)C(=O)CC12CC2. The Hall–Kier alpha value is -0.610. The van der Waals surface area contributed by atoms with Gasteiger partial charge in [0.1, 0.15) is 0 Å². The summed E-state index contributed by atoms with van der Waals surface area (Å²) in [6.07, 6.45) is 5.60. The number of amides is 1. The van der Waals surface area contributed by atoms with Gasteiger partial charge in [0.05, 0.1) is 0 Å². The molecule has 3 fully saturated rings. The van der Waals surface area contributed by atoms with Gasteiger partial charge >= 0.3 is 0 Å². The summed E-state index contributed by atoms with van der Waals surface area (Å²) in [6.45, 7) is 3.17. The van der Waals surface area contributed by atoms with Gasteiger partial charge in [-0.25, -0.2) is 5.01 Å². The number of hydrazine groups is 1. The van der Waals surface area contributed by atoms with Crippen LogP contribution in [0.1, 0.15) is 32.1 Å². The van der Waals surface area contributed by atoms with Crippen LogP contribution in [0.2, 0.25) is 0 Å². The summed E-state index contributed by atoms with van der Waals surface area (Å²) in [5.41, 5.74) is 0.240. The second-order valence-electron chi connectivity index (χ2n) is 5.59. The van der Waals surface area contributed by atoms with Crippen molar-refractivity contribution in [2.24, 2.45) is 5.92 Å². The zero-order chi connectivity index (χ0) is 11.2. The zero-order valence-corrected chi connectivity index (χ0v) is 10.0. The van der Waals surface area contributed by atoms with E-state index >= 15 is 0 Å². The van der Waals surface area contributed by atoms with Crippen LogP contribution in [0.15, 0.2) is 0 Å². The smallest absolute Gasteiger partial charge is 0.238 e. The molecule has 2 aliphatic heterocycles. The Balaban J connectivity index is 1.63. The highest BCUT2D eigenvalue weighted by molar-refractivity contribution is 5.80. The van der Waals surface area contributed by atoms with Crippen LogP contribution < -0.4 is 5.32 Å². The Labute approximate surface area is 96.9 Å². The fraction of sp³-hybridized carbons (Fsp3) is 0.917. The van der Waals surface area contributed by atoms with Crippen molar-refractivity contribution in [1.82, 2.24) is 15.3 Å². The largest absolute Gasteiger partial charge is 0.317 e. The van der Waals surface area contributed by atoms with Gasteiger partial charge in [0.2, 0.25) is 5.91 Å². The van der Waals surface area contributed by atoms with E-state index < -0.39 is 0 Å². The molecule has 1 N–H and O–H groups in total. The van der Waals surface area contributed by atoms with Crippen LogP contribution in [0.4, 0.5) is 0 Å². The molecule has 1 amide bonds. The van der Waals surface area contributed by atoms with Gasteiger partial charge in [0.15, 0.2) is 0 Å². The van der Waals surface area contributed by atoms with E-state index in [1.807, 2.05) is 5.01 Å². The maximum atomic E-state index is 12.0. The Morgan fingerprint density at radius 3 is 2.62 bits per heavy atom. The van der Waals surface area contributed by atoms with Crippen LogP contribution >= 0.6 is 0 Å². The van der Waals surface area contributed by atoms with Crippen molar-refractivity contribution in [3.05, 3.63) is 0 Å². The highest BCUT2D eigenvalue weighted by Gasteiger charge is 2.56. The molecule has 0 atom stereocenters. The zero-order valence-electron chi connectivity index (χ0n) is 10.0. The topological polar surface area (TPSA) is 35.6 Å². The van der Waals surface area contributed by atoms with Crippen LogP contribution in [0.5, 0.6) is 0 Å². The molecule has 3 rings (SSSR count). The van der Waals surface area contributed by atoms with Gasteiger partial charge in [0, 0.05) is 25.6 Å². The lowest BCUT2D eigenvalue weighted by Gasteiger charge is -2.33. The molecular weight excluding hydrogens is 202 g/mol. The molecule has 4 heteroatoms. The third kappa shape index (κ3) is 1.64. The Kier molecular flexibility index (Phi) is 2.44. The highest BCUT2D eigenvalue weighted by atomic mass is 16.2. The summed E-state index contributed by atoms with van der Waals surface area (Å²) in [6, 6.07) is 0. The van der Waals surface area contributed by atoms with E-state index in [1.54, 1.807) is 0 Å². The van der Waals surface area contributed by atoms with Crippen molar-refractivity contribution < 1.29 is 4.79 Å². The van der Waals surface area contributed by atoms with Crippen LogP contribution in [0.3, 0.4) is 0 Å². The number of hydrogen-bond acceptors (Lipinski definition) is 3. The van der Waals surface area contributed by atoms with Crippen molar-refractivity contribution in [2.45, 2.75) is 37.6 Å². The predicted octanol–water partition coefficient (Wildman–Crippen LogP) is 0.598. The van der Waals surface area contributed by atoms with Crippen LogP contribution in [-0.2, 0) is 4.79 Å². The van der Waals surface area contributed by atoms with Gasteiger partial charge in [-0.15, -0.1) is 0 Å². The molecule has 4 nitrogen and oxygen atoms in total. The van der Waals surface area contributed by atoms with Crippen LogP contribution in [0.25, 0.3) is 0 Å². The number of nitrogens with zero attached hydrogens (tertiary/aromatic N) is 2. The number of carbonyl (C=O) groups is 1. The summed E-state index contributed by atoms with van der Waals surface area (Å²) in [4.78, 5) is 12.0. The summed E-state index contributed by atoms with van der Waals surface area (Å²) in [7, 11) is 2.10. The first kappa shape index (κ1) is 10.5. The Morgan fingerprint density at radius 2 is 2.06 bits per heavy atom. The minimum atomic E-state index is 0.240. The van der Waals surface area contributed by atoms with Crippen molar-refractivity contribution in [3.8, 4) is 0 Å². The normalized spacial score (nSPS) is 30.3. The standard InChI is InChI=1S/C12H21N3O/c1-14-12(4-5-12)8-11(16)15(14)9-10-2-6-13-7-3-10/h10,13H,2-9H2,1H3. The van der Waals surface area contributed by atoms with Gasteiger partial charge in [-0.3, -0.25) is 9.80 Å². The molecule has 1 saturated carbocycles. The number of carbonyl (C=O) groups excluding carboxylic acids is 1. The molecule has 2 heterocycles. The fourth-order valence-electron chi connectivity index (χ4n) is 3.09. The molecule has 3 aliphatic rings. The van der Waals surface area contributed by atoms with E-state index in [0.29, 0.717) is 11.8 Å². The minimum Gasteiger partial charge on any atom is -0.317 e. The fourth-order valence-corrected chi connectivity index (χ4v) is 3.09. The summed E-state index contributed by atoms with van der Waals surface area (Å²) in [5.74, 6) is 1.04. The first-order chi connectivity index (χ1) is 7.71. The van der Waals surface area contributed by atoms with Gasteiger partial charge in [-0.2, -0.15) is 0 Å². The van der Waals surface area contributed by atoms with Crippen LogP contribution in [-0.4, -0.2) is 48.1 Å². The van der Waals surface area contributed by atoms with Crippen molar-refractivity contribution in [1.29, 1.82) is 0 Å². The lowest BCUT2D eigenvalue weighted by Crippen LogP contribution is -2.44. The molecule has 16 heavy (non-hydrogen) atoms. The molecule has 0 aromatic carbocycles.